The summed E-state index contributed by atoms with van der Waals surface area (Å²) in [4.78, 5) is 40.6. The fourth-order valence-electron chi connectivity index (χ4n) is 3.36. The van der Waals surface area contributed by atoms with Crippen LogP contribution in [0.1, 0.15) is 44.1 Å². The van der Waals surface area contributed by atoms with E-state index < -0.39 is 30.4 Å². The number of benzene rings is 1. The van der Waals surface area contributed by atoms with E-state index in [1.165, 1.54) is 28.9 Å². The molecule has 3 amide bonds. The second-order valence-electron chi connectivity index (χ2n) is 7.31. The summed E-state index contributed by atoms with van der Waals surface area (Å²) in [6, 6.07) is 5.79. The number of para-hydroxylation sites is 1. The van der Waals surface area contributed by atoms with E-state index in [1.54, 1.807) is 25.2 Å². The Bertz CT molecular complexity index is 1240. The number of fused-ring (bicyclic) bond motifs is 1. The molecular weight excluding hydrogens is 441 g/mol. The van der Waals surface area contributed by atoms with Gasteiger partial charge < -0.3 is 16.4 Å². The van der Waals surface area contributed by atoms with Crippen molar-refractivity contribution < 1.29 is 27.6 Å². The van der Waals surface area contributed by atoms with Crippen molar-refractivity contribution in [3.05, 3.63) is 58.5 Å². The fourth-order valence-corrected chi connectivity index (χ4v) is 3.36. The summed E-state index contributed by atoms with van der Waals surface area (Å²) in [5, 5.41) is 8.49. The van der Waals surface area contributed by atoms with Gasteiger partial charge in [-0.05, 0) is 38.0 Å². The van der Waals surface area contributed by atoms with E-state index in [2.05, 4.69) is 15.4 Å². The Balaban J connectivity index is 1.72. The lowest BCUT2D eigenvalue weighted by molar-refractivity contribution is -0.123. The molecule has 12 heteroatoms. The van der Waals surface area contributed by atoms with Gasteiger partial charge in [-0.15, -0.1) is 0 Å². The van der Waals surface area contributed by atoms with E-state index in [-0.39, 0.29) is 29.7 Å². The van der Waals surface area contributed by atoms with Crippen molar-refractivity contribution >= 4 is 29.1 Å². The monoisotopic (exact) mass is 462 g/mol. The van der Waals surface area contributed by atoms with E-state index in [4.69, 9.17) is 5.73 Å². The minimum absolute atomic E-state index is 0.0112. The van der Waals surface area contributed by atoms with E-state index in [0.717, 1.165) is 5.56 Å². The van der Waals surface area contributed by atoms with Crippen LogP contribution in [0.15, 0.2) is 30.5 Å². The summed E-state index contributed by atoms with van der Waals surface area (Å²) in [7, 11) is 0. The molecule has 0 aliphatic rings. The average Bonchev–Trinajstić information content (AvgIpc) is 3.16. The zero-order valence-corrected chi connectivity index (χ0v) is 17.8. The predicted octanol–water partition coefficient (Wildman–Crippen LogP) is 2.31. The molecule has 174 valence electrons. The van der Waals surface area contributed by atoms with Crippen molar-refractivity contribution in [2.24, 2.45) is 5.73 Å². The smallest absolute Gasteiger partial charge is 0.365 e. The van der Waals surface area contributed by atoms with Crippen LogP contribution in [0.2, 0.25) is 0 Å². The van der Waals surface area contributed by atoms with Gasteiger partial charge in [-0.1, -0.05) is 12.1 Å². The average molecular weight is 462 g/mol. The molecule has 0 radical (unpaired) electrons. The first-order valence-electron chi connectivity index (χ1n) is 9.85. The largest absolute Gasteiger partial charge is 0.405 e. The van der Waals surface area contributed by atoms with Gasteiger partial charge in [-0.25, -0.2) is 9.50 Å². The van der Waals surface area contributed by atoms with Gasteiger partial charge in [0.05, 0.1) is 17.4 Å². The Morgan fingerprint density at radius 3 is 2.48 bits per heavy atom. The number of anilines is 1. The van der Waals surface area contributed by atoms with Crippen LogP contribution in [-0.2, 0) is 11.2 Å². The number of hydrogen-bond acceptors (Lipinski definition) is 5. The zero-order valence-electron chi connectivity index (χ0n) is 17.8. The molecule has 0 aliphatic carbocycles. The molecule has 0 unspecified atom stereocenters. The molecule has 3 aromatic rings. The van der Waals surface area contributed by atoms with Crippen LogP contribution in [-0.4, -0.2) is 45.0 Å². The highest BCUT2D eigenvalue weighted by Crippen LogP contribution is 2.20. The maximum absolute atomic E-state index is 12.5. The molecule has 3 rings (SSSR count). The summed E-state index contributed by atoms with van der Waals surface area (Å²) in [6.07, 6.45) is -2.93. The standard InChI is InChI=1S/C21H21F3N6O3/c1-11-13(12(2)30-19(28-11)15(9-27-30)18(25)32)7-8-17(31)29-16-6-4-3-5-14(16)20(33)26-10-21(22,23)24/h3-6,9H,7-8,10H2,1-2H3,(H2,25,32)(H,26,33)(H,29,31). The Labute approximate surface area is 186 Å². The Kier molecular flexibility index (Phi) is 6.65. The second-order valence-corrected chi connectivity index (χ2v) is 7.31. The summed E-state index contributed by atoms with van der Waals surface area (Å²) in [5.74, 6) is -2.04. The van der Waals surface area contributed by atoms with Gasteiger partial charge in [-0.3, -0.25) is 14.4 Å². The van der Waals surface area contributed by atoms with Crippen molar-refractivity contribution in [2.45, 2.75) is 32.9 Å². The van der Waals surface area contributed by atoms with Crippen molar-refractivity contribution in [3.8, 4) is 0 Å². The minimum atomic E-state index is -4.55. The number of nitrogens with two attached hydrogens (primary N) is 1. The van der Waals surface area contributed by atoms with Crippen molar-refractivity contribution in [1.82, 2.24) is 19.9 Å². The molecule has 0 spiro atoms. The quantitative estimate of drug-likeness (QED) is 0.496. The van der Waals surface area contributed by atoms with E-state index >= 15 is 0 Å². The number of alkyl halides is 3. The first-order chi connectivity index (χ1) is 15.5. The number of amides is 3. The first-order valence-corrected chi connectivity index (χ1v) is 9.85. The van der Waals surface area contributed by atoms with Crippen molar-refractivity contribution in [3.63, 3.8) is 0 Å². The molecular formula is C21H21F3N6O3. The molecule has 0 bridgehead atoms. The fraction of sp³-hybridized carbons (Fsp3) is 0.286. The number of nitrogens with zero attached hydrogens (tertiary/aromatic N) is 3. The number of carbonyl (C=O) groups is 3. The van der Waals surface area contributed by atoms with E-state index in [9.17, 15) is 27.6 Å². The lowest BCUT2D eigenvalue weighted by atomic mass is 10.1. The normalized spacial score (nSPS) is 11.4. The summed E-state index contributed by atoms with van der Waals surface area (Å²) in [5.41, 5.74) is 7.89. The molecule has 9 nitrogen and oxygen atoms in total. The highest BCUT2D eigenvalue weighted by molar-refractivity contribution is 6.03. The van der Waals surface area contributed by atoms with Gasteiger partial charge in [0.1, 0.15) is 12.1 Å². The summed E-state index contributed by atoms with van der Waals surface area (Å²) >= 11 is 0. The lowest BCUT2D eigenvalue weighted by Gasteiger charge is -2.14. The van der Waals surface area contributed by atoms with Gasteiger partial charge in [0, 0.05) is 17.8 Å². The SMILES string of the molecule is Cc1nc2c(C(N)=O)cnn2c(C)c1CCC(=O)Nc1ccccc1C(=O)NCC(F)(F)F. The van der Waals surface area contributed by atoms with Gasteiger partial charge in [0.25, 0.3) is 11.8 Å². The first kappa shape index (κ1) is 23.7. The van der Waals surface area contributed by atoms with Crippen LogP contribution in [0.5, 0.6) is 0 Å². The van der Waals surface area contributed by atoms with E-state index in [1.807, 2.05) is 0 Å². The molecule has 0 aliphatic heterocycles. The number of nitrogens with one attached hydrogen (secondary N) is 2. The number of carbonyl (C=O) groups excluding carboxylic acids is 3. The molecule has 2 aromatic heterocycles. The molecule has 0 saturated heterocycles. The Morgan fingerprint density at radius 1 is 1.12 bits per heavy atom. The maximum Gasteiger partial charge on any atom is 0.405 e. The molecule has 0 atom stereocenters. The van der Waals surface area contributed by atoms with Crippen LogP contribution >= 0.6 is 0 Å². The summed E-state index contributed by atoms with van der Waals surface area (Å²) < 4.78 is 38.6. The van der Waals surface area contributed by atoms with Crippen molar-refractivity contribution in [2.75, 3.05) is 11.9 Å². The molecule has 33 heavy (non-hydrogen) atoms. The highest BCUT2D eigenvalue weighted by Gasteiger charge is 2.28. The Hall–Kier alpha value is -3.96. The predicted molar refractivity (Wildman–Crippen MR) is 113 cm³/mol. The number of rotatable bonds is 7. The third-order valence-electron chi connectivity index (χ3n) is 4.97. The van der Waals surface area contributed by atoms with Crippen LogP contribution in [0, 0.1) is 13.8 Å². The van der Waals surface area contributed by atoms with E-state index in [0.29, 0.717) is 17.0 Å². The van der Waals surface area contributed by atoms with Gasteiger partial charge in [0.2, 0.25) is 5.91 Å². The van der Waals surface area contributed by atoms with Crippen LogP contribution in [0.3, 0.4) is 0 Å². The molecule has 4 N–H and O–H groups in total. The van der Waals surface area contributed by atoms with Gasteiger partial charge in [0.15, 0.2) is 5.65 Å². The van der Waals surface area contributed by atoms with Crippen molar-refractivity contribution in [1.29, 1.82) is 0 Å². The number of hydrogen-bond donors (Lipinski definition) is 3. The van der Waals surface area contributed by atoms with Gasteiger partial charge >= 0.3 is 6.18 Å². The summed E-state index contributed by atoms with van der Waals surface area (Å²) in [6.45, 7) is 2.03. The molecule has 1 aromatic carbocycles. The highest BCUT2D eigenvalue weighted by atomic mass is 19.4. The molecule has 2 heterocycles. The molecule has 0 saturated carbocycles. The third kappa shape index (κ3) is 5.45. The number of aryl methyl sites for hydroxylation is 2. The number of primary amides is 1. The van der Waals surface area contributed by atoms with Crippen LogP contribution in [0.4, 0.5) is 18.9 Å². The number of halogens is 3. The van der Waals surface area contributed by atoms with Gasteiger partial charge in [-0.2, -0.15) is 18.3 Å². The third-order valence-corrected chi connectivity index (χ3v) is 4.97. The maximum atomic E-state index is 12.5. The lowest BCUT2D eigenvalue weighted by Crippen LogP contribution is -2.34. The van der Waals surface area contributed by atoms with Crippen LogP contribution in [0.25, 0.3) is 5.65 Å². The Morgan fingerprint density at radius 2 is 1.82 bits per heavy atom. The van der Waals surface area contributed by atoms with Crippen LogP contribution < -0.4 is 16.4 Å². The molecule has 0 fully saturated rings. The zero-order chi connectivity index (χ0) is 24.3. The second kappa shape index (κ2) is 9.27. The number of aromatic nitrogens is 3. The minimum Gasteiger partial charge on any atom is -0.365 e. The topological polar surface area (TPSA) is 131 Å².